The molecule has 1 amide bonds. The Balaban J connectivity index is 1.72. The Labute approximate surface area is 151 Å². The molecule has 1 aliphatic heterocycles. The van der Waals surface area contributed by atoms with Crippen molar-refractivity contribution < 1.29 is 14.3 Å². The van der Waals surface area contributed by atoms with Gasteiger partial charge in [-0.3, -0.25) is 4.79 Å². The minimum absolute atomic E-state index is 0.0786. The predicted octanol–water partition coefficient (Wildman–Crippen LogP) is 3.96. The fraction of sp³-hybridized carbons (Fsp3) is 0.667. The van der Waals surface area contributed by atoms with E-state index in [-0.39, 0.29) is 17.4 Å². The number of aryl methyl sites for hydroxylation is 1. The molecule has 2 aliphatic rings. The van der Waals surface area contributed by atoms with Gasteiger partial charge in [-0.25, -0.2) is 0 Å². The van der Waals surface area contributed by atoms with Gasteiger partial charge in [0.05, 0.1) is 6.10 Å². The number of benzene rings is 1. The molecule has 2 atom stereocenters. The molecule has 4 heteroatoms. The van der Waals surface area contributed by atoms with Crippen molar-refractivity contribution in [3.63, 3.8) is 0 Å². The van der Waals surface area contributed by atoms with Crippen molar-refractivity contribution in [1.82, 2.24) is 4.90 Å². The summed E-state index contributed by atoms with van der Waals surface area (Å²) in [5.41, 5.74) is 0.404. The van der Waals surface area contributed by atoms with E-state index in [0.29, 0.717) is 0 Å². The summed E-state index contributed by atoms with van der Waals surface area (Å²) in [4.78, 5) is 15.2. The van der Waals surface area contributed by atoms with Crippen LogP contribution in [0.25, 0.3) is 0 Å². The third-order valence-electron chi connectivity index (χ3n) is 5.88. The lowest BCUT2D eigenvalue weighted by Crippen LogP contribution is -2.56. The zero-order valence-electron chi connectivity index (χ0n) is 16.0. The summed E-state index contributed by atoms with van der Waals surface area (Å²) in [6.45, 7) is 7.40. The van der Waals surface area contributed by atoms with Gasteiger partial charge in [0, 0.05) is 25.6 Å². The number of methoxy groups -OCH3 is 1. The molecule has 4 nitrogen and oxygen atoms in total. The Morgan fingerprint density at radius 3 is 2.76 bits per heavy atom. The molecule has 25 heavy (non-hydrogen) atoms. The molecule has 1 saturated carbocycles. The SMILES string of the molecule is CO[C@@H]1CCC[C@]12CCCN(C(=O)C(C)(C)Oc1cccc(C)c1)C2. The maximum absolute atomic E-state index is 13.2. The number of carbonyl (C=O) groups excluding carboxylic acids is 1. The van der Waals surface area contributed by atoms with E-state index >= 15 is 0 Å². The molecule has 0 aromatic heterocycles. The molecule has 0 unspecified atom stereocenters. The quantitative estimate of drug-likeness (QED) is 0.829. The van der Waals surface area contributed by atoms with Crippen LogP contribution in [-0.2, 0) is 9.53 Å². The van der Waals surface area contributed by atoms with Crippen molar-refractivity contribution in [1.29, 1.82) is 0 Å². The Morgan fingerprint density at radius 2 is 2.04 bits per heavy atom. The third kappa shape index (κ3) is 3.69. The molecule has 1 saturated heterocycles. The molecular formula is C21H31NO3. The summed E-state index contributed by atoms with van der Waals surface area (Å²) in [6.07, 6.45) is 5.96. The van der Waals surface area contributed by atoms with Crippen LogP contribution in [0.4, 0.5) is 0 Å². The number of nitrogens with zero attached hydrogens (tertiary/aromatic N) is 1. The molecule has 138 valence electrons. The van der Waals surface area contributed by atoms with Crippen molar-refractivity contribution in [3.05, 3.63) is 29.8 Å². The van der Waals surface area contributed by atoms with Crippen molar-refractivity contribution in [2.24, 2.45) is 5.41 Å². The van der Waals surface area contributed by atoms with Gasteiger partial charge in [-0.15, -0.1) is 0 Å². The Kier molecular flexibility index (Phi) is 5.10. The van der Waals surface area contributed by atoms with E-state index in [4.69, 9.17) is 9.47 Å². The van der Waals surface area contributed by atoms with Crippen molar-refractivity contribution in [2.45, 2.75) is 64.6 Å². The first-order valence-corrected chi connectivity index (χ1v) is 9.44. The second kappa shape index (κ2) is 6.99. The summed E-state index contributed by atoms with van der Waals surface area (Å²) in [5, 5.41) is 0. The van der Waals surface area contributed by atoms with Crippen LogP contribution in [0.2, 0.25) is 0 Å². The number of rotatable bonds is 4. The lowest BCUT2D eigenvalue weighted by Gasteiger charge is -2.45. The topological polar surface area (TPSA) is 38.8 Å². The Bertz CT molecular complexity index is 627. The molecule has 2 fully saturated rings. The maximum Gasteiger partial charge on any atom is 0.266 e. The number of carbonyl (C=O) groups is 1. The van der Waals surface area contributed by atoms with Crippen LogP contribution in [-0.4, -0.2) is 42.7 Å². The molecule has 1 aromatic carbocycles. The number of piperidine rings is 1. The molecule has 0 radical (unpaired) electrons. The average Bonchev–Trinajstić information content (AvgIpc) is 2.95. The smallest absolute Gasteiger partial charge is 0.266 e. The number of likely N-dealkylation sites (tertiary alicyclic amines) is 1. The summed E-state index contributed by atoms with van der Waals surface area (Å²) < 4.78 is 11.8. The van der Waals surface area contributed by atoms with Crippen molar-refractivity contribution >= 4 is 5.91 Å². The molecule has 1 spiro atoms. The summed E-state index contributed by atoms with van der Waals surface area (Å²) in [7, 11) is 1.81. The van der Waals surface area contributed by atoms with Gasteiger partial charge < -0.3 is 14.4 Å². The molecule has 0 bridgehead atoms. The van der Waals surface area contributed by atoms with Crippen LogP contribution < -0.4 is 4.74 Å². The first-order chi connectivity index (χ1) is 11.9. The van der Waals surface area contributed by atoms with E-state index in [2.05, 4.69) is 0 Å². The number of hydrogen-bond acceptors (Lipinski definition) is 3. The van der Waals surface area contributed by atoms with E-state index in [1.165, 1.54) is 6.42 Å². The highest BCUT2D eigenvalue weighted by molar-refractivity contribution is 5.85. The average molecular weight is 345 g/mol. The lowest BCUT2D eigenvalue weighted by atomic mass is 9.76. The van der Waals surface area contributed by atoms with Crippen molar-refractivity contribution in [3.8, 4) is 5.75 Å². The van der Waals surface area contributed by atoms with Crippen LogP contribution in [0.15, 0.2) is 24.3 Å². The number of hydrogen-bond donors (Lipinski definition) is 0. The fourth-order valence-corrected chi connectivity index (χ4v) is 4.67. The van der Waals surface area contributed by atoms with Gasteiger partial charge in [0.15, 0.2) is 5.60 Å². The van der Waals surface area contributed by atoms with Gasteiger partial charge in [0.25, 0.3) is 5.91 Å². The molecule has 1 heterocycles. The van der Waals surface area contributed by atoms with Crippen molar-refractivity contribution in [2.75, 3.05) is 20.2 Å². The number of amides is 1. The highest BCUT2D eigenvalue weighted by atomic mass is 16.5. The summed E-state index contributed by atoms with van der Waals surface area (Å²) >= 11 is 0. The van der Waals surface area contributed by atoms with E-state index < -0.39 is 5.60 Å². The van der Waals surface area contributed by atoms with E-state index in [1.807, 2.05) is 57.0 Å². The summed E-state index contributed by atoms with van der Waals surface area (Å²) in [5.74, 6) is 0.829. The zero-order chi connectivity index (χ0) is 18.1. The first-order valence-electron chi connectivity index (χ1n) is 9.44. The van der Waals surface area contributed by atoms with Crippen LogP contribution >= 0.6 is 0 Å². The van der Waals surface area contributed by atoms with Gasteiger partial charge in [0.2, 0.25) is 0 Å². The van der Waals surface area contributed by atoms with Gasteiger partial charge in [-0.05, 0) is 64.2 Å². The molecular weight excluding hydrogens is 314 g/mol. The molecule has 1 aromatic rings. The second-order valence-corrected chi connectivity index (χ2v) is 8.24. The highest BCUT2D eigenvalue weighted by Gasteiger charge is 2.48. The maximum atomic E-state index is 13.2. The number of ether oxygens (including phenoxy) is 2. The van der Waals surface area contributed by atoms with E-state index in [0.717, 1.165) is 50.1 Å². The van der Waals surface area contributed by atoms with Gasteiger partial charge in [-0.1, -0.05) is 18.6 Å². The highest BCUT2D eigenvalue weighted by Crippen LogP contribution is 2.46. The summed E-state index contributed by atoms with van der Waals surface area (Å²) in [6, 6.07) is 7.88. The van der Waals surface area contributed by atoms with Gasteiger partial charge >= 0.3 is 0 Å². The second-order valence-electron chi connectivity index (χ2n) is 8.24. The third-order valence-corrected chi connectivity index (χ3v) is 5.88. The van der Waals surface area contributed by atoms with E-state index in [1.54, 1.807) is 0 Å². The standard InChI is InChI=1S/C21H31NO3/c1-16-8-5-9-17(14-16)25-20(2,3)19(23)22-13-7-12-21(15-22)11-6-10-18(21)24-4/h5,8-9,14,18H,6-7,10-13,15H2,1-4H3/t18-,21-/m1/s1. The Hall–Kier alpha value is -1.55. The lowest BCUT2D eigenvalue weighted by molar-refractivity contribution is -0.151. The molecule has 0 N–H and O–H groups in total. The molecule has 1 aliphatic carbocycles. The largest absolute Gasteiger partial charge is 0.478 e. The van der Waals surface area contributed by atoms with Gasteiger partial charge in [0.1, 0.15) is 5.75 Å². The van der Waals surface area contributed by atoms with Crippen LogP contribution in [0.5, 0.6) is 5.75 Å². The first kappa shape index (κ1) is 18.2. The molecule has 3 rings (SSSR count). The normalized spacial score (nSPS) is 26.9. The van der Waals surface area contributed by atoms with Crippen LogP contribution in [0.3, 0.4) is 0 Å². The predicted molar refractivity (Wildman–Crippen MR) is 98.8 cm³/mol. The van der Waals surface area contributed by atoms with E-state index in [9.17, 15) is 4.79 Å². The Morgan fingerprint density at radius 1 is 1.28 bits per heavy atom. The minimum Gasteiger partial charge on any atom is -0.478 e. The minimum atomic E-state index is -0.868. The van der Waals surface area contributed by atoms with Crippen LogP contribution in [0.1, 0.15) is 51.5 Å². The zero-order valence-corrected chi connectivity index (χ0v) is 16.0. The van der Waals surface area contributed by atoms with Crippen LogP contribution in [0, 0.1) is 12.3 Å². The fourth-order valence-electron chi connectivity index (χ4n) is 4.67. The van der Waals surface area contributed by atoms with Gasteiger partial charge in [-0.2, -0.15) is 0 Å². The monoisotopic (exact) mass is 345 g/mol.